The van der Waals surface area contributed by atoms with E-state index in [2.05, 4.69) is 0 Å². The Balaban J connectivity index is 3.23. The molecule has 0 bridgehead atoms. The topological polar surface area (TPSA) is 72.5 Å². The lowest BCUT2D eigenvalue weighted by atomic mass is 10.1. The van der Waals surface area contributed by atoms with Crippen LogP contribution in [0.15, 0.2) is 12.1 Å². The van der Waals surface area contributed by atoms with E-state index in [0.29, 0.717) is 0 Å². The molecule has 0 aliphatic rings. The third-order valence-corrected chi connectivity index (χ3v) is 1.95. The zero-order valence-electron chi connectivity index (χ0n) is 8.54. The number of nitrogens with two attached hydrogens (primary N) is 1. The van der Waals surface area contributed by atoms with Crippen LogP contribution in [0.25, 0.3) is 0 Å². The third-order valence-electron chi connectivity index (χ3n) is 1.95. The van der Waals surface area contributed by atoms with Crippen molar-refractivity contribution in [3.05, 3.63) is 29.3 Å². The highest BCUT2D eigenvalue weighted by atomic mass is 19.2. The lowest BCUT2D eigenvalue weighted by Crippen LogP contribution is -2.22. The maximum Gasteiger partial charge on any atom is 0.325 e. The summed E-state index contributed by atoms with van der Waals surface area (Å²) in [5.74, 6) is -3.66. The number of rotatable bonds is 4. The largest absolute Gasteiger partial charge is 0.493 e. The molecular weight excluding hydrogens is 220 g/mol. The van der Waals surface area contributed by atoms with E-state index in [-0.39, 0.29) is 17.9 Å². The predicted molar refractivity (Wildman–Crippen MR) is 52.1 cm³/mol. The molecule has 1 unspecified atom stereocenters. The number of hydrogen-bond donors (Lipinski definition) is 2. The van der Waals surface area contributed by atoms with E-state index < -0.39 is 23.6 Å². The Kier molecular flexibility index (Phi) is 3.78. The number of carboxylic acids is 1. The maximum atomic E-state index is 12.9. The van der Waals surface area contributed by atoms with Crippen LogP contribution in [-0.2, 0) is 4.79 Å². The molecule has 0 heterocycles. The predicted octanol–water partition coefficient (Wildman–Crippen LogP) is 1.45. The van der Waals surface area contributed by atoms with E-state index >= 15 is 0 Å². The third kappa shape index (κ3) is 2.46. The molecule has 0 aromatic heterocycles. The Bertz CT molecular complexity index is 409. The van der Waals surface area contributed by atoms with Gasteiger partial charge in [0.2, 0.25) is 0 Å². The van der Waals surface area contributed by atoms with Gasteiger partial charge in [0, 0.05) is 11.6 Å². The zero-order valence-corrected chi connectivity index (χ0v) is 8.54. The summed E-state index contributed by atoms with van der Waals surface area (Å²) in [7, 11) is 0. The Labute approximate surface area is 90.6 Å². The summed E-state index contributed by atoms with van der Waals surface area (Å²) in [6, 6.07) is 0.0763. The van der Waals surface area contributed by atoms with E-state index in [4.69, 9.17) is 15.6 Å². The summed E-state index contributed by atoms with van der Waals surface area (Å²) in [5, 5.41) is 8.69. The van der Waals surface area contributed by atoms with Gasteiger partial charge in [-0.1, -0.05) is 0 Å². The van der Waals surface area contributed by atoms with Gasteiger partial charge in [-0.15, -0.1) is 0 Å². The fourth-order valence-corrected chi connectivity index (χ4v) is 1.20. The van der Waals surface area contributed by atoms with Crippen molar-refractivity contribution in [3.63, 3.8) is 0 Å². The molecule has 1 rings (SSSR count). The van der Waals surface area contributed by atoms with E-state index in [1.807, 2.05) is 0 Å². The second-order valence-electron chi connectivity index (χ2n) is 3.05. The van der Waals surface area contributed by atoms with Gasteiger partial charge in [-0.2, -0.15) is 0 Å². The molecule has 0 radical (unpaired) electrons. The van der Waals surface area contributed by atoms with Crippen molar-refractivity contribution in [1.82, 2.24) is 0 Å². The number of carboxylic acid groups (broad SMARTS) is 1. The van der Waals surface area contributed by atoms with Gasteiger partial charge >= 0.3 is 5.97 Å². The van der Waals surface area contributed by atoms with Gasteiger partial charge in [0.1, 0.15) is 11.8 Å². The van der Waals surface area contributed by atoms with Gasteiger partial charge in [-0.3, -0.25) is 4.79 Å². The number of hydrogen-bond acceptors (Lipinski definition) is 3. The molecular formula is C10H11F2NO3. The molecule has 0 saturated heterocycles. The van der Waals surface area contributed by atoms with Crippen LogP contribution in [0, 0.1) is 11.6 Å². The van der Waals surface area contributed by atoms with Gasteiger partial charge in [0.25, 0.3) is 0 Å². The lowest BCUT2D eigenvalue weighted by molar-refractivity contribution is -0.138. The quantitative estimate of drug-likeness (QED) is 0.822. The first kappa shape index (κ1) is 12.4. The number of benzene rings is 1. The van der Waals surface area contributed by atoms with E-state index in [0.717, 1.165) is 12.1 Å². The van der Waals surface area contributed by atoms with Crippen molar-refractivity contribution in [3.8, 4) is 5.75 Å². The van der Waals surface area contributed by atoms with Gasteiger partial charge in [0.05, 0.1) is 6.61 Å². The highest BCUT2D eigenvalue weighted by molar-refractivity contribution is 5.76. The minimum Gasteiger partial charge on any atom is -0.493 e. The number of aliphatic carboxylic acids is 1. The molecule has 0 aliphatic carbocycles. The van der Waals surface area contributed by atoms with Crippen molar-refractivity contribution in [1.29, 1.82) is 0 Å². The first-order chi connectivity index (χ1) is 7.47. The van der Waals surface area contributed by atoms with Crippen LogP contribution in [0.5, 0.6) is 5.75 Å². The molecule has 1 aromatic carbocycles. The SMILES string of the molecule is CCOc1cc(F)c(F)cc1C(N)C(=O)O. The number of carbonyl (C=O) groups is 1. The van der Waals surface area contributed by atoms with Crippen LogP contribution in [0.1, 0.15) is 18.5 Å². The first-order valence-electron chi connectivity index (χ1n) is 4.57. The zero-order chi connectivity index (χ0) is 12.3. The normalized spacial score (nSPS) is 12.2. The smallest absolute Gasteiger partial charge is 0.325 e. The summed E-state index contributed by atoms with van der Waals surface area (Å²) in [6.07, 6.45) is 0. The summed E-state index contributed by atoms with van der Waals surface area (Å²) in [6.45, 7) is 1.84. The standard InChI is InChI=1S/C10H11F2NO3/c1-2-16-8-4-7(12)6(11)3-5(8)9(13)10(14)15/h3-4,9H,2,13H2,1H3,(H,14,15). The van der Waals surface area contributed by atoms with Gasteiger partial charge in [-0.25, -0.2) is 8.78 Å². The second-order valence-corrected chi connectivity index (χ2v) is 3.05. The first-order valence-corrected chi connectivity index (χ1v) is 4.57. The van der Waals surface area contributed by atoms with Gasteiger partial charge < -0.3 is 15.6 Å². The fraction of sp³-hybridized carbons (Fsp3) is 0.300. The molecule has 0 fully saturated rings. The summed E-state index contributed by atoms with van der Waals surface area (Å²) in [4.78, 5) is 10.7. The van der Waals surface area contributed by atoms with Crippen LogP contribution in [-0.4, -0.2) is 17.7 Å². The van der Waals surface area contributed by atoms with Crippen LogP contribution in [0.2, 0.25) is 0 Å². The molecule has 3 N–H and O–H groups in total. The molecule has 0 saturated carbocycles. The molecule has 1 aromatic rings. The molecule has 0 aliphatic heterocycles. The van der Waals surface area contributed by atoms with Crippen LogP contribution >= 0.6 is 0 Å². The highest BCUT2D eigenvalue weighted by Crippen LogP contribution is 2.27. The van der Waals surface area contributed by atoms with Crippen molar-refractivity contribution in [2.45, 2.75) is 13.0 Å². The average Bonchev–Trinajstić information content (AvgIpc) is 2.22. The molecule has 88 valence electrons. The molecule has 6 heteroatoms. The van der Waals surface area contributed by atoms with Crippen molar-refractivity contribution in [2.24, 2.45) is 5.73 Å². The van der Waals surface area contributed by atoms with Crippen molar-refractivity contribution >= 4 is 5.97 Å². The van der Waals surface area contributed by atoms with Crippen molar-refractivity contribution in [2.75, 3.05) is 6.61 Å². The van der Waals surface area contributed by atoms with E-state index in [9.17, 15) is 13.6 Å². The minimum absolute atomic E-state index is 0.0590. The second kappa shape index (κ2) is 4.89. The molecule has 4 nitrogen and oxygen atoms in total. The molecule has 1 atom stereocenters. The van der Waals surface area contributed by atoms with Crippen LogP contribution in [0.3, 0.4) is 0 Å². The fourth-order valence-electron chi connectivity index (χ4n) is 1.20. The number of halogens is 2. The van der Waals surface area contributed by atoms with E-state index in [1.54, 1.807) is 6.92 Å². The van der Waals surface area contributed by atoms with Crippen LogP contribution in [0.4, 0.5) is 8.78 Å². The van der Waals surface area contributed by atoms with Gasteiger partial charge in [0.15, 0.2) is 11.6 Å². The van der Waals surface area contributed by atoms with Gasteiger partial charge in [-0.05, 0) is 13.0 Å². The van der Waals surface area contributed by atoms with E-state index in [1.165, 1.54) is 0 Å². The molecule has 16 heavy (non-hydrogen) atoms. The Morgan fingerprint density at radius 1 is 1.50 bits per heavy atom. The van der Waals surface area contributed by atoms with Crippen LogP contribution < -0.4 is 10.5 Å². The number of ether oxygens (including phenoxy) is 1. The monoisotopic (exact) mass is 231 g/mol. The summed E-state index contributed by atoms with van der Waals surface area (Å²) >= 11 is 0. The molecule has 0 spiro atoms. The maximum absolute atomic E-state index is 12.9. The van der Waals surface area contributed by atoms with Crippen molar-refractivity contribution < 1.29 is 23.4 Å². The minimum atomic E-state index is -1.45. The Morgan fingerprint density at radius 2 is 2.06 bits per heavy atom. The average molecular weight is 231 g/mol. The Hall–Kier alpha value is -1.69. The Morgan fingerprint density at radius 3 is 2.56 bits per heavy atom. The summed E-state index contributed by atoms with van der Waals surface area (Å²) in [5.41, 5.74) is 5.23. The lowest BCUT2D eigenvalue weighted by Gasteiger charge is -2.13. The molecule has 0 amide bonds. The summed E-state index contributed by atoms with van der Waals surface area (Å²) < 4.78 is 30.8. The highest BCUT2D eigenvalue weighted by Gasteiger charge is 2.21.